The molecule has 0 aliphatic heterocycles. The smallest absolute Gasteiger partial charge is 0.171 e. The van der Waals surface area contributed by atoms with Gasteiger partial charge in [0.1, 0.15) is 21.8 Å². The lowest BCUT2D eigenvalue weighted by molar-refractivity contribution is 0.111. The average molecular weight is 363 g/mol. The molecule has 9 heteroatoms. The highest BCUT2D eigenvalue weighted by Crippen LogP contribution is 2.14. The van der Waals surface area contributed by atoms with Gasteiger partial charge in [-0.05, 0) is 6.42 Å². The fraction of sp³-hybridized carbons (Fsp3) is 0.308. The lowest BCUT2D eigenvalue weighted by Gasteiger charge is -2.16. The fourth-order valence-electron chi connectivity index (χ4n) is 1.40. The van der Waals surface area contributed by atoms with Crippen molar-refractivity contribution < 1.29 is 4.79 Å². The van der Waals surface area contributed by atoms with Gasteiger partial charge in [-0.2, -0.15) is 0 Å². The SMILES string of the molecule is CCCN(C)c1cnc(C=O)c(Cl)n1.Clc1cncc(Cl)n1. The zero-order valence-electron chi connectivity index (χ0n) is 12.0. The first-order valence-corrected chi connectivity index (χ1v) is 7.43. The van der Waals surface area contributed by atoms with Crippen molar-refractivity contribution in [1.82, 2.24) is 19.9 Å². The van der Waals surface area contributed by atoms with Crippen LogP contribution in [0, 0.1) is 0 Å². The molecule has 2 heterocycles. The maximum absolute atomic E-state index is 10.4. The van der Waals surface area contributed by atoms with Crippen molar-refractivity contribution in [3.8, 4) is 0 Å². The number of anilines is 1. The molecule has 0 aliphatic carbocycles. The molecule has 2 aromatic heterocycles. The van der Waals surface area contributed by atoms with E-state index in [0.717, 1.165) is 13.0 Å². The topological polar surface area (TPSA) is 71.9 Å². The van der Waals surface area contributed by atoms with Gasteiger partial charge in [0.15, 0.2) is 11.4 Å². The summed E-state index contributed by atoms with van der Waals surface area (Å²) in [5, 5.41) is 0.787. The lowest BCUT2D eigenvalue weighted by Crippen LogP contribution is -2.19. The molecule has 22 heavy (non-hydrogen) atoms. The standard InChI is InChI=1S/C9H12ClN3O.C4H2Cl2N2/c1-3-4-13(2)8-5-11-7(6-14)9(10)12-8;5-3-1-7-2-4(6)8-3/h5-6H,3-4H2,1-2H3;1-2H. The predicted octanol–water partition coefficient (Wildman–Crippen LogP) is 3.57. The van der Waals surface area contributed by atoms with Crippen molar-refractivity contribution in [3.05, 3.63) is 39.7 Å². The molecule has 118 valence electrons. The van der Waals surface area contributed by atoms with Crippen LogP contribution in [-0.4, -0.2) is 39.8 Å². The van der Waals surface area contributed by atoms with Crippen LogP contribution < -0.4 is 4.90 Å². The van der Waals surface area contributed by atoms with E-state index in [2.05, 4.69) is 26.9 Å². The Morgan fingerprint density at radius 1 is 1.14 bits per heavy atom. The second-order valence-corrected chi connectivity index (χ2v) is 5.24. The van der Waals surface area contributed by atoms with Crippen LogP contribution in [0.15, 0.2) is 18.6 Å². The van der Waals surface area contributed by atoms with E-state index in [-0.39, 0.29) is 10.8 Å². The molecule has 0 fully saturated rings. The van der Waals surface area contributed by atoms with Gasteiger partial charge in [0.25, 0.3) is 0 Å². The van der Waals surface area contributed by atoms with E-state index in [4.69, 9.17) is 34.8 Å². The monoisotopic (exact) mass is 361 g/mol. The number of halogens is 3. The molecule has 0 saturated heterocycles. The van der Waals surface area contributed by atoms with E-state index < -0.39 is 0 Å². The molecule has 0 aromatic carbocycles. The van der Waals surface area contributed by atoms with Crippen LogP contribution in [0.3, 0.4) is 0 Å². The number of hydrogen-bond acceptors (Lipinski definition) is 6. The van der Waals surface area contributed by atoms with Gasteiger partial charge < -0.3 is 4.90 Å². The largest absolute Gasteiger partial charge is 0.358 e. The molecule has 0 spiro atoms. The molecule has 0 radical (unpaired) electrons. The van der Waals surface area contributed by atoms with Gasteiger partial charge in [0, 0.05) is 13.6 Å². The summed E-state index contributed by atoms with van der Waals surface area (Å²) < 4.78 is 0. The first-order chi connectivity index (χ1) is 10.5. The Morgan fingerprint density at radius 2 is 1.77 bits per heavy atom. The summed E-state index contributed by atoms with van der Waals surface area (Å²) in [6.07, 6.45) is 6.01. The minimum atomic E-state index is 0.153. The molecule has 0 bridgehead atoms. The van der Waals surface area contributed by atoms with Gasteiger partial charge in [-0.15, -0.1) is 0 Å². The third-order valence-corrected chi connectivity index (χ3v) is 3.02. The average Bonchev–Trinajstić information content (AvgIpc) is 2.48. The second-order valence-electron chi connectivity index (χ2n) is 4.11. The normalized spacial score (nSPS) is 9.68. The van der Waals surface area contributed by atoms with Crippen molar-refractivity contribution in [2.45, 2.75) is 13.3 Å². The number of carbonyl (C=O) groups is 1. The fourth-order valence-corrected chi connectivity index (χ4v) is 1.92. The molecule has 6 nitrogen and oxygen atoms in total. The van der Waals surface area contributed by atoms with Crippen molar-refractivity contribution in [2.24, 2.45) is 0 Å². The summed E-state index contributed by atoms with van der Waals surface area (Å²) in [4.78, 5) is 27.6. The first-order valence-electron chi connectivity index (χ1n) is 6.29. The quantitative estimate of drug-likeness (QED) is 0.774. The van der Waals surface area contributed by atoms with Gasteiger partial charge in [0.05, 0.1) is 18.6 Å². The summed E-state index contributed by atoms with van der Waals surface area (Å²) in [5.41, 5.74) is 0.181. The predicted molar refractivity (Wildman–Crippen MR) is 88.0 cm³/mol. The highest BCUT2D eigenvalue weighted by molar-refractivity contribution is 6.32. The van der Waals surface area contributed by atoms with E-state index in [0.29, 0.717) is 22.4 Å². The number of aromatic nitrogens is 4. The van der Waals surface area contributed by atoms with Gasteiger partial charge in [-0.3, -0.25) is 9.78 Å². The van der Waals surface area contributed by atoms with Crippen LogP contribution in [-0.2, 0) is 0 Å². The number of carbonyl (C=O) groups excluding carboxylic acids is 1. The zero-order chi connectivity index (χ0) is 16.5. The molecule has 0 atom stereocenters. The van der Waals surface area contributed by atoms with E-state index >= 15 is 0 Å². The van der Waals surface area contributed by atoms with E-state index in [1.54, 1.807) is 6.20 Å². The van der Waals surface area contributed by atoms with E-state index in [1.807, 2.05) is 11.9 Å². The summed E-state index contributed by atoms with van der Waals surface area (Å²) in [6, 6.07) is 0. The molecule has 0 N–H and O–H groups in total. The molecule has 2 rings (SSSR count). The minimum Gasteiger partial charge on any atom is -0.358 e. The lowest BCUT2D eigenvalue weighted by atomic mass is 10.4. The maximum atomic E-state index is 10.4. The summed E-state index contributed by atoms with van der Waals surface area (Å²) in [5.74, 6) is 0.683. The second kappa shape index (κ2) is 9.50. The molecule has 0 amide bonds. The number of nitrogens with zero attached hydrogens (tertiary/aromatic N) is 5. The van der Waals surface area contributed by atoms with Crippen LogP contribution >= 0.6 is 34.8 Å². The van der Waals surface area contributed by atoms with E-state index in [1.165, 1.54) is 12.4 Å². The molecule has 0 saturated carbocycles. The molecule has 0 aliphatic rings. The van der Waals surface area contributed by atoms with Gasteiger partial charge in [-0.1, -0.05) is 41.7 Å². The first kappa shape index (κ1) is 18.5. The molecular formula is C13H14Cl3N5O. The summed E-state index contributed by atoms with van der Waals surface area (Å²) in [6.45, 7) is 2.96. The van der Waals surface area contributed by atoms with Crippen molar-refractivity contribution >= 4 is 46.9 Å². The highest BCUT2D eigenvalue weighted by atomic mass is 35.5. The van der Waals surface area contributed by atoms with Gasteiger partial charge in [-0.25, -0.2) is 15.0 Å². The van der Waals surface area contributed by atoms with Crippen LogP contribution in [0.25, 0.3) is 0 Å². The highest BCUT2D eigenvalue weighted by Gasteiger charge is 2.06. The Hall–Kier alpha value is -1.50. The van der Waals surface area contributed by atoms with Crippen LogP contribution in [0.1, 0.15) is 23.8 Å². The van der Waals surface area contributed by atoms with Gasteiger partial charge in [0.2, 0.25) is 0 Å². The van der Waals surface area contributed by atoms with Crippen LogP contribution in [0.2, 0.25) is 15.5 Å². The van der Waals surface area contributed by atoms with Crippen molar-refractivity contribution in [2.75, 3.05) is 18.5 Å². The Balaban J connectivity index is 0.000000255. The summed E-state index contributed by atoms with van der Waals surface area (Å²) in [7, 11) is 1.91. The Bertz CT molecular complexity index is 609. The number of rotatable bonds is 4. The van der Waals surface area contributed by atoms with Crippen LogP contribution in [0.5, 0.6) is 0 Å². The Morgan fingerprint density at radius 3 is 2.18 bits per heavy atom. The third kappa shape index (κ3) is 6.09. The van der Waals surface area contributed by atoms with Gasteiger partial charge >= 0.3 is 0 Å². The van der Waals surface area contributed by atoms with Crippen LogP contribution in [0.4, 0.5) is 5.82 Å². The number of aldehydes is 1. The molecule has 0 unspecified atom stereocenters. The summed E-state index contributed by atoms with van der Waals surface area (Å²) >= 11 is 16.5. The number of hydrogen-bond donors (Lipinski definition) is 0. The minimum absolute atomic E-state index is 0.153. The van der Waals surface area contributed by atoms with E-state index in [9.17, 15) is 4.79 Å². The zero-order valence-corrected chi connectivity index (χ0v) is 14.3. The Kier molecular flexibility index (Phi) is 8.01. The van der Waals surface area contributed by atoms with Crippen molar-refractivity contribution in [3.63, 3.8) is 0 Å². The Labute approximate surface area is 143 Å². The molecule has 2 aromatic rings. The maximum Gasteiger partial charge on any atom is 0.171 e. The van der Waals surface area contributed by atoms with Crippen molar-refractivity contribution in [1.29, 1.82) is 0 Å². The molecular weight excluding hydrogens is 349 g/mol. The third-order valence-electron chi connectivity index (χ3n) is 2.38.